The Morgan fingerprint density at radius 3 is 2.62 bits per heavy atom. The average molecular weight is 300 g/mol. The topological polar surface area (TPSA) is 78.4 Å². The minimum Gasteiger partial charge on any atom is -0.481 e. The second kappa shape index (κ2) is 8.18. The van der Waals surface area contributed by atoms with Crippen LogP contribution in [0.3, 0.4) is 0 Å². The Balaban J connectivity index is 2.24. The lowest BCUT2D eigenvalue weighted by Gasteiger charge is -2.09. The highest BCUT2D eigenvalue weighted by Gasteiger charge is 2.10. The van der Waals surface area contributed by atoms with Gasteiger partial charge in [-0.1, -0.05) is 13.0 Å². The minimum atomic E-state index is -0.869. The van der Waals surface area contributed by atoms with Gasteiger partial charge in [-0.25, -0.2) is 13.6 Å². The minimum absolute atomic E-state index is 0.0521. The summed E-state index contributed by atoms with van der Waals surface area (Å²) in [6.07, 6.45) is 0.994. The van der Waals surface area contributed by atoms with E-state index in [1.165, 1.54) is 6.07 Å². The SMILES string of the molecule is CC(CCCNC(=O)NCc1ccc(F)cc1F)C(=O)O. The first-order valence-corrected chi connectivity index (χ1v) is 6.58. The summed E-state index contributed by atoms with van der Waals surface area (Å²) in [6, 6.07) is 2.65. The Labute approximate surface area is 121 Å². The van der Waals surface area contributed by atoms with Crippen molar-refractivity contribution in [2.45, 2.75) is 26.3 Å². The lowest BCUT2D eigenvalue weighted by atomic mass is 10.1. The smallest absolute Gasteiger partial charge is 0.315 e. The molecule has 0 aliphatic rings. The van der Waals surface area contributed by atoms with Crippen LogP contribution in [0.1, 0.15) is 25.3 Å². The lowest BCUT2D eigenvalue weighted by molar-refractivity contribution is -0.141. The van der Waals surface area contributed by atoms with E-state index in [1.54, 1.807) is 6.92 Å². The molecule has 7 heteroatoms. The van der Waals surface area contributed by atoms with E-state index in [2.05, 4.69) is 10.6 Å². The van der Waals surface area contributed by atoms with E-state index in [1.807, 2.05) is 0 Å². The number of aliphatic carboxylic acids is 1. The Hall–Kier alpha value is -2.18. The number of nitrogens with one attached hydrogen (secondary N) is 2. The number of carbonyl (C=O) groups is 2. The molecular weight excluding hydrogens is 282 g/mol. The van der Waals surface area contributed by atoms with Crippen LogP contribution < -0.4 is 10.6 Å². The number of carbonyl (C=O) groups excluding carboxylic acids is 1. The van der Waals surface area contributed by atoms with Gasteiger partial charge in [0.2, 0.25) is 0 Å². The van der Waals surface area contributed by atoms with E-state index in [0.29, 0.717) is 19.4 Å². The number of amides is 2. The predicted molar refractivity (Wildman–Crippen MR) is 72.6 cm³/mol. The van der Waals surface area contributed by atoms with Gasteiger partial charge in [-0.3, -0.25) is 4.79 Å². The summed E-state index contributed by atoms with van der Waals surface area (Å²) in [7, 11) is 0. The van der Waals surface area contributed by atoms with Gasteiger partial charge >= 0.3 is 12.0 Å². The van der Waals surface area contributed by atoms with Crippen molar-refractivity contribution in [3.8, 4) is 0 Å². The van der Waals surface area contributed by atoms with E-state index in [4.69, 9.17) is 5.11 Å². The number of halogens is 2. The van der Waals surface area contributed by atoms with Crippen molar-refractivity contribution >= 4 is 12.0 Å². The van der Waals surface area contributed by atoms with Crippen LogP contribution in [0.2, 0.25) is 0 Å². The molecule has 0 aromatic heterocycles. The molecule has 2 amide bonds. The molecule has 0 spiro atoms. The second-order valence-corrected chi connectivity index (χ2v) is 4.73. The van der Waals surface area contributed by atoms with Crippen LogP contribution in [0.25, 0.3) is 0 Å². The van der Waals surface area contributed by atoms with Crippen molar-refractivity contribution in [1.29, 1.82) is 0 Å². The summed E-state index contributed by atoms with van der Waals surface area (Å²) >= 11 is 0. The molecular formula is C14H18F2N2O3. The van der Waals surface area contributed by atoms with Gasteiger partial charge in [-0.05, 0) is 18.9 Å². The highest BCUT2D eigenvalue weighted by atomic mass is 19.1. The van der Waals surface area contributed by atoms with Crippen molar-refractivity contribution in [2.24, 2.45) is 5.92 Å². The zero-order valence-electron chi connectivity index (χ0n) is 11.7. The molecule has 116 valence electrons. The first-order valence-electron chi connectivity index (χ1n) is 6.58. The highest BCUT2D eigenvalue weighted by Crippen LogP contribution is 2.09. The van der Waals surface area contributed by atoms with Crippen LogP contribution in [0.5, 0.6) is 0 Å². The fourth-order valence-electron chi connectivity index (χ4n) is 1.64. The van der Waals surface area contributed by atoms with Crippen molar-refractivity contribution < 1.29 is 23.5 Å². The van der Waals surface area contributed by atoms with Gasteiger partial charge in [0, 0.05) is 24.7 Å². The molecule has 0 heterocycles. The quantitative estimate of drug-likeness (QED) is 0.676. The number of carboxylic acid groups (broad SMARTS) is 1. The van der Waals surface area contributed by atoms with Crippen LogP contribution in [0, 0.1) is 17.6 Å². The lowest BCUT2D eigenvalue weighted by Crippen LogP contribution is -2.35. The maximum atomic E-state index is 13.3. The average Bonchev–Trinajstić information content (AvgIpc) is 2.42. The summed E-state index contributed by atoms with van der Waals surface area (Å²) in [4.78, 5) is 22.0. The van der Waals surface area contributed by atoms with E-state index in [0.717, 1.165) is 12.1 Å². The van der Waals surface area contributed by atoms with E-state index < -0.39 is 29.6 Å². The monoisotopic (exact) mass is 300 g/mol. The normalized spacial score (nSPS) is 11.8. The third kappa shape index (κ3) is 6.20. The fourth-order valence-corrected chi connectivity index (χ4v) is 1.64. The Morgan fingerprint density at radius 1 is 1.29 bits per heavy atom. The molecule has 0 saturated carbocycles. The molecule has 0 aliphatic carbocycles. The molecule has 0 radical (unpaired) electrons. The maximum Gasteiger partial charge on any atom is 0.315 e. The Morgan fingerprint density at radius 2 is 2.00 bits per heavy atom. The zero-order chi connectivity index (χ0) is 15.8. The number of carboxylic acids is 1. The van der Waals surface area contributed by atoms with Crippen molar-refractivity contribution in [3.05, 3.63) is 35.4 Å². The largest absolute Gasteiger partial charge is 0.481 e. The first kappa shape index (κ1) is 16.9. The van der Waals surface area contributed by atoms with Crippen LogP contribution >= 0.6 is 0 Å². The van der Waals surface area contributed by atoms with Gasteiger partial charge in [0.05, 0.1) is 5.92 Å². The van der Waals surface area contributed by atoms with E-state index >= 15 is 0 Å². The second-order valence-electron chi connectivity index (χ2n) is 4.73. The number of hydrogen-bond acceptors (Lipinski definition) is 2. The number of benzene rings is 1. The molecule has 0 bridgehead atoms. The summed E-state index contributed by atoms with van der Waals surface area (Å²) < 4.78 is 26.0. The number of rotatable bonds is 7. The van der Waals surface area contributed by atoms with Gasteiger partial charge in [0.1, 0.15) is 11.6 Å². The molecule has 21 heavy (non-hydrogen) atoms. The van der Waals surface area contributed by atoms with Crippen LogP contribution in [-0.4, -0.2) is 23.7 Å². The first-order chi connectivity index (χ1) is 9.90. The van der Waals surface area contributed by atoms with Gasteiger partial charge in [-0.2, -0.15) is 0 Å². The number of urea groups is 1. The molecule has 1 atom stereocenters. The van der Waals surface area contributed by atoms with Crippen molar-refractivity contribution in [2.75, 3.05) is 6.54 Å². The third-order valence-electron chi connectivity index (χ3n) is 2.98. The van der Waals surface area contributed by atoms with Gasteiger partial charge in [0.25, 0.3) is 0 Å². The maximum absolute atomic E-state index is 13.3. The van der Waals surface area contributed by atoms with E-state index in [9.17, 15) is 18.4 Å². The summed E-state index contributed by atoms with van der Waals surface area (Å²) in [6.45, 7) is 1.87. The van der Waals surface area contributed by atoms with Crippen LogP contribution in [-0.2, 0) is 11.3 Å². The van der Waals surface area contributed by atoms with Crippen molar-refractivity contribution in [1.82, 2.24) is 10.6 Å². The van der Waals surface area contributed by atoms with Crippen LogP contribution in [0.4, 0.5) is 13.6 Å². The van der Waals surface area contributed by atoms with Gasteiger partial charge < -0.3 is 15.7 Å². The molecule has 1 aromatic carbocycles. The summed E-state index contributed by atoms with van der Waals surface area (Å²) in [5.41, 5.74) is 0.186. The summed E-state index contributed by atoms with van der Waals surface area (Å²) in [5.74, 6) is -2.71. The summed E-state index contributed by atoms with van der Waals surface area (Å²) in [5, 5.41) is 13.7. The predicted octanol–water partition coefficient (Wildman–Crippen LogP) is 2.26. The zero-order valence-corrected chi connectivity index (χ0v) is 11.7. The van der Waals surface area contributed by atoms with Gasteiger partial charge in [-0.15, -0.1) is 0 Å². The van der Waals surface area contributed by atoms with Crippen LogP contribution in [0.15, 0.2) is 18.2 Å². The Kier molecular flexibility index (Phi) is 6.58. The molecule has 3 N–H and O–H groups in total. The molecule has 0 fully saturated rings. The third-order valence-corrected chi connectivity index (χ3v) is 2.98. The molecule has 5 nitrogen and oxygen atoms in total. The van der Waals surface area contributed by atoms with E-state index in [-0.39, 0.29) is 12.1 Å². The molecule has 1 rings (SSSR count). The van der Waals surface area contributed by atoms with Crippen molar-refractivity contribution in [3.63, 3.8) is 0 Å². The number of hydrogen-bond donors (Lipinski definition) is 3. The standard InChI is InChI=1S/C14H18F2N2O3/c1-9(13(19)20)3-2-6-17-14(21)18-8-10-4-5-11(15)7-12(10)16/h4-5,7,9H,2-3,6,8H2,1H3,(H,19,20)(H2,17,18,21). The molecule has 0 aliphatic heterocycles. The molecule has 0 saturated heterocycles. The molecule has 1 aromatic rings. The van der Waals surface area contributed by atoms with Gasteiger partial charge in [0.15, 0.2) is 0 Å². The Bertz CT molecular complexity index is 509. The molecule has 1 unspecified atom stereocenters. The fraction of sp³-hybridized carbons (Fsp3) is 0.429. The highest BCUT2D eigenvalue weighted by molar-refractivity contribution is 5.73.